The summed E-state index contributed by atoms with van der Waals surface area (Å²) >= 11 is 0. The van der Waals surface area contributed by atoms with Gasteiger partial charge in [-0.15, -0.1) is 5.10 Å². The molecule has 0 atom stereocenters. The van der Waals surface area contributed by atoms with Gasteiger partial charge in [0, 0.05) is 32.1 Å². The molecule has 4 rings (SSSR count). The summed E-state index contributed by atoms with van der Waals surface area (Å²) in [6, 6.07) is 15.9. The first-order valence-corrected chi connectivity index (χ1v) is 10.5. The van der Waals surface area contributed by atoms with Gasteiger partial charge < -0.3 is 5.32 Å². The third-order valence-corrected chi connectivity index (χ3v) is 5.62. The van der Waals surface area contributed by atoms with Gasteiger partial charge in [0.1, 0.15) is 5.52 Å². The Balaban J connectivity index is 1.24. The van der Waals surface area contributed by atoms with Crippen molar-refractivity contribution in [2.75, 3.05) is 13.1 Å². The Hall–Kier alpha value is -3.06. The van der Waals surface area contributed by atoms with Crippen LogP contribution in [0.3, 0.4) is 0 Å². The molecule has 1 fully saturated rings. The predicted octanol–water partition coefficient (Wildman–Crippen LogP) is 2.27. The molecule has 0 saturated carbocycles. The molecule has 7 heteroatoms. The van der Waals surface area contributed by atoms with Crippen molar-refractivity contribution in [3.05, 3.63) is 70.0 Å². The maximum atomic E-state index is 12.5. The number of aryl methyl sites for hydroxylation is 2. The second-order valence-electron chi connectivity index (χ2n) is 7.99. The highest BCUT2D eigenvalue weighted by Gasteiger charge is 2.21. The molecule has 0 radical (unpaired) electrons. The molecule has 0 unspecified atom stereocenters. The van der Waals surface area contributed by atoms with E-state index in [4.69, 9.17) is 0 Å². The molecule has 30 heavy (non-hydrogen) atoms. The van der Waals surface area contributed by atoms with E-state index >= 15 is 0 Å². The first-order chi connectivity index (χ1) is 14.6. The summed E-state index contributed by atoms with van der Waals surface area (Å²) in [6.45, 7) is 5.23. The molecular formula is C23H27N5O2. The van der Waals surface area contributed by atoms with Crippen molar-refractivity contribution in [3.63, 3.8) is 0 Å². The Bertz CT molecular complexity index is 1090. The Morgan fingerprint density at radius 3 is 2.73 bits per heavy atom. The van der Waals surface area contributed by atoms with Crippen LogP contribution < -0.4 is 10.9 Å². The van der Waals surface area contributed by atoms with E-state index in [1.54, 1.807) is 18.2 Å². The normalized spacial score (nSPS) is 15.4. The molecule has 7 nitrogen and oxygen atoms in total. The number of likely N-dealkylation sites (tertiary alicyclic amines) is 1. The first kappa shape index (κ1) is 20.2. The molecule has 2 heterocycles. The van der Waals surface area contributed by atoms with Gasteiger partial charge in [0.2, 0.25) is 5.91 Å². The van der Waals surface area contributed by atoms with Crippen LogP contribution in [-0.4, -0.2) is 44.9 Å². The minimum atomic E-state index is -0.210. The quantitative estimate of drug-likeness (QED) is 0.681. The van der Waals surface area contributed by atoms with Gasteiger partial charge in [0.15, 0.2) is 0 Å². The summed E-state index contributed by atoms with van der Waals surface area (Å²) in [7, 11) is 0. The number of carbonyl (C=O) groups is 1. The van der Waals surface area contributed by atoms with Crippen LogP contribution in [0.5, 0.6) is 0 Å². The summed E-state index contributed by atoms with van der Waals surface area (Å²) in [5.41, 5.74) is 2.97. The lowest BCUT2D eigenvalue weighted by Crippen LogP contribution is -2.44. The molecule has 1 saturated heterocycles. The Kier molecular flexibility index (Phi) is 6.18. The van der Waals surface area contributed by atoms with Crippen LogP contribution >= 0.6 is 0 Å². The molecule has 2 aromatic carbocycles. The summed E-state index contributed by atoms with van der Waals surface area (Å²) in [5.74, 6) is -0.0472. The van der Waals surface area contributed by atoms with Crippen LogP contribution in [-0.2, 0) is 17.9 Å². The highest BCUT2D eigenvalue weighted by atomic mass is 16.2. The second-order valence-corrected chi connectivity index (χ2v) is 7.99. The Labute approximate surface area is 175 Å². The van der Waals surface area contributed by atoms with Gasteiger partial charge in [-0.2, -0.15) is 0 Å². The monoisotopic (exact) mass is 405 g/mol. The third kappa shape index (κ3) is 4.91. The second kappa shape index (κ2) is 9.17. The molecule has 1 N–H and O–H groups in total. The molecular weight excluding hydrogens is 378 g/mol. The molecule has 1 aliphatic rings. The number of aromatic nitrogens is 3. The molecule has 0 spiro atoms. The number of nitrogens with zero attached hydrogens (tertiary/aromatic N) is 4. The number of piperidine rings is 1. The van der Waals surface area contributed by atoms with Gasteiger partial charge in [-0.3, -0.25) is 14.5 Å². The lowest BCUT2D eigenvalue weighted by atomic mass is 10.0. The van der Waals surface area contributed by atoms with Crippen molar-refractivity contribution < 1.29 is 4.79 Å². The van der Waals surface area contributed by atoms with E-state index in [1.807, 2.05) is 6.07 Å². The number of carbonyl (C=O) groups excluding carboxylic acids is 1. The van der Waals surface area contributed by atoms with Crippen molar-refractivity contribution in [1.29, 1.82) is 0 Å². The van der Waals surface area contributed by atoms with Crippen molar-refractivity contribution in [3.8, 4) is 0 Å². The van der Waals surface area contributed by atoms with Crippen LogP contribution in [0, 0.1) is 6.92 Å². The SMILES string of the molecule is Cc1cccc(CN2CCC(NC(=O)CCn3nnc4ccccc4c3=O)CC2)c1. The van der Waals surface area contributed by atoms with Gasteiger partial charge >= 0.3 is 0 Å². The van der Waals surface area contributed by atoms with Gasteiger partial charge in [0.25, 0.3) is 5.56 Å². The molecule has 1 amide bonds. The number of rotatable bonds is 6. The van der Waals surface area contributed by atoms with E-state index in [2.05, 4.69) is 51.7 Å². The molecule has 0 aliphatic carbocycles. The fourth-order valence-corrected chi connectivity index (χ4v) is 3.98. The van der Waals surface area contributed by atoms with E-state index < -0.39 is 0 Å². The highest BCUT2D eigenvalue weighted by Crippen LogP contribution is 2.15. The van der Waals surface area contributed by atoms with E-state index in [-0.39, 0.29) is 30.5 Å². The molecule has 0 bridgehead atoms. The minimum Gasteiger partial charge on any atom is -0.353 e. The lowest BCUT2D eigenvalue weighted by Gasteiger charge is -2.32. The average molecular weight is 406 g/mol. The Morgan fingerprint density at radius 2 is 1.93 bits per heavy atom. The van der Waals surface area contributed by atoms with E-state index in [0.717, 1.165) is 32.5 Å². The number of hydrogen-bond acceptors (Lipinski definition) is 5. The standard InChI is InChI=1S/C23H27N5O2/c1-17-5-4-6-18(15-17)16-27-12-9-19(10-13-27)24-22(29)11-14-28-23(30)20-7-2-3-8-21(20)25-26-28/h2-8,15,19H,9-14,16H2,1H3,(H,24,29). The van der Waals surface area contributed by atoms with Crippen LogP contribution in [0.1, 0.15) is 30.4 Å². The number of hydrogen-bond donors (Lipinski definition) is 1. The van der Waals surface area contributed by atoms with Crippen LogP contribution in [0.4, 0.5) is 0 Å². The average Bonchev–Trinajstić information content (AvgIpc) is 2.75. The van der Waals surface area contributed by atoms with E-state index in [1.165, 1.54) is 15.8 Å². The van der Waals surface area contributed by atoms with Crippen molar-refractivity contribution in [2.45, 2.75) is 45.3 Å². The van der Waals surface area contributed by atoms with E-state index in [9.17, 15) is 9.59 Å². The number of benzene rings is 2. The van der Waals surface area contributed by atoms with Crippen molar-refractivity contribution in [1.82, 2.24) is 25.2 Å². The topological polar surface area (TPSA) is 80.1 Å². The fourth-order valence-electron chi connectivity index (χ4n) is 3.98. The Morgan fingerprint density at radius 1 is 1.13 bits per heavy atom. The summed E-state index contributed by atoms with van der Waals surface area (Å²) in [4.78, 5) is 27.3. The molecule has 1 aromatic heterocycles. The zero-order chi connectivity index (χ0) is 20.9. The smallest absolute Gasteiger partial charge is 0.277 e. The zero-order valence-electron chi connectivity index (χ0n) is 17.3. The van der Waals surface area contributed by atoms with Crippen LogP contribution in [0.25, 0.3) is 10.9 Å². The molecule has 1 aliphatic heterocycles. The zero-order valence-corrected chi connectivity index (χ0v) is 17.3. The number of fused-ring (bicyclic) bond motifs is 1. The predicted molar refractivity (Wildman–Crippen MR) is 116 cm³/mol. The van der Waals surface area contributed by atoms with Gasteiger partial charge in [-0.25, -0.2) is 4.68 Å². The molecule has 3 aromatic rings. The highest BCUT2D eigenvalue weighted by molar-refractivity contribution is 5.77. The largest absolute Gasteiger partial charge is 0.353 e. The molecule has 156 valence electrons. The fraction of sp³-hybridized carbons (Fsp3) is 0.391. The summed E-state index contributed by atoms with van der Waals surface area (Å²) in [6.07, 6.45) is 2.09. The van der Waals surface area contributed by atoms with E-state index in [0.29, 0.717) is 10.9 Å². The van der Waals surface area contributed by atoms with Gasteiger partial charge in [0.05, 0.1) is 11.9 Å². The van der Waals surface area contributed by atoms with Crippen molar-refractivity contribution >= 4 is 16.8 Å². The first-order valence-electron chi connectivity index (χ1n) is 10.5. The maximum Gasteiger partial charge on any atom is 0.277 e. The third-order valence-electron chi connectivity index (χ3n) is 5.62. The lowest BCUT2D eigenvalue weighted by molar-refractivity contribution is -0.122. The minimum absolute atomic E-state index is 0.0472. The van der Waals surface area contributed by atoms with Crippen molar-refractivity contribution in [2.24, 2.45) is 0 Å². The summed E-state index contributed by atoms with van der Waals surface area (Å²) < 4.78 is 1.27. The number of amides is 1. The summed E-state index contributed by atoms with van der Waals surface area (Å²) in [5, 5.41) is 11.6. The van der Waals surface area contributed by atoms with Crippen LogP contribution in [0.2, 0.25) is 0 Å². The van der Waals surface area contributed by atoms with Gasteiger partial charge in [-0.1, -0.05) is 47.2 Å². The maximum absolute atomic E-state index is 12.5. The number of nitrogens with one attached hydrogen (secondary N) is 1. The van der Waals surface area contributed by atoms with Gasteiger partial charge in [-0.05, 0) is 37.5 Å². The van der Waals surface area contributed by atoms with Crippen LogP contribution in [0.15, 0.2) is 53.3 Å².